The Hall–Kier alpha value is -6.02. The Balaban J connectivity index is 0.000000148. The maximum absolute atomic E-state index is 6.13. The molecule has 8 aromatic carbocycles. The van der Waals surface area contributed by atoms with Crippen LogP contribution in [0.3, 0.4) is 0 Å². The molecule has 2 nitrogen and oxygen atoms in total. The largest absolute Gasteiger partial charge is 2.00 e. The molecule has 250 valence electrons. The molecule has 2 aromatic heterocycles. The fourth-order valence-corrected chi connectivity index (χ4v) is 6.99. The molecule has 0 N–H and O–H groups in total. The zero-order chi connectivity index (χ0) is 34.7. The molecule has 0 atom stereocenters. The standard InChI is InChI=1S/2C25H17O.Zr/c2*1-3-8-18(9-4-1)22-13-7-12-20-16-21(17-23(20)22)25-15-14-24(26-25)19-10-5-2-6-11-19;/h2*1-17H;/q2*-1;+2. The summed E-state index contributed by atoms with van der Waals surface area (Å²) in [6.07, 6.45) is 0. The third kappa shape index (κ3) is 7.09. The summed E-state index contributed by atoms with van der Waals surface area (Å²) in [5, 5.41) is 4.98. The van der Waals surface area contributed by atoms with Crippen LogP contribution in [-0.2, 0) is 26.2 Å². The van der Waals surface area contributed by atoms with Crippen molar-refractivity contribution in [2.75, 3.05) is 0 Å². The van der Waals surface area contributed by atoms with Crippen molar-refractivity contribution in [2.24, 2.45) is 0 Å². The van der Waals surface area contributed by atoms with Gasteiger partial charge >= 0.3 is 26.2 Å². The van der Waals surface area contributed by atoms with Crippen LogP contribution in [0.5, 0.6) is 0 Å². The van der Waals surface area contributed by atoms with Crippen molar-refractivity contribution in [3.05, 3.63) is 206 Å². The molecule has 2 heterocycles. The molecule has 0 unspecified atom stereocenters. The van der Waals surface area contributed by atoms with E-state index in [-0.39, 0.29) is 26.2 Å². The first-order valence-electron chi connectivity index (χ1n) is 17.6. The average Bonchev–Trinajstić information content (AvgIpc) is 4.05. The molecule has 0 spiro atoms. The minimum atomic E-state index is 0. The van der Waals surface area contributed by atoms with Gasteiger partial charge < -0.3 is 8.83 Å². The summed E-state index contributed by atoms with van der Waals surface area (Å²) in [5.74, 6) is 3.60. The predicted octanol–water partition coefficient (Wildman–Crippen LogP) is 14.3. The van der Waals surface area contributed by atoms with Gasteiger partial charge in [-0.2, -0.15) is 0 Å². The van der Waals surface area contributed by atoms with Crippen LogP contribution in [0.15, 0.2) is 215 Å². The molecule has 0 saturated heterocycles. The number of fused-ring (bicyclic) bond motifs is 2. The van der Waals surface area contributed by atoms with Crippen molar-refractivity contribution in [3.8, 4) is 67.5 Å². The SMILES string of the molecule is [Zr+2].c1ccc(-c2ccc(-c3cc4c(-c5ccccc5)cccc4[cH-]3)o2)cc1.c1ccc(-c2ccc(-c3cc4c(-c5ccccc5)cccc4[cH-]3)o2)cc1. The molecule has 53 heavy (non-hydrogen) atoms. The number of hydrogen-bond donors (Lipinski definition) is 0. The molecule has 0 fully saturated rings. The summed E-state index contributed by atoms with van der Waals surface area (Å²) in [5.41, 5.74) is 9.41. The van der Waals surface area contributed by atoms with Gasteiger partial charge in [0.25, 0.3) is 0 Å². The van der Waals surface area contributed by atoms with Crippen molar-refractivity contribution in [1.29, 1.82) is 0 Å². The summed E-state index contributed by atoms with van der Waals surface area (Å²) in [4.78, 5) is 0. The fraction of sp³-hybridized carbons (Fsp3) is 0. The van der Waals surface area contributed by atoms with E-state index in [1.54, 1.807) is 0 Å². The average molecular weight is 758 g/mol. The maximum Gasteiger partial charge on any atom is 2.00 e. The van der Waals surface area contributed by atoms with E-state index in [4.69, 9.17) is 8.83 Å². The minimum Gasteiger partial charge on any atom is -0.491 e. The number of rotatable bonds is 6. The second-order valence-electron chi connectivity index (χ2n) is 12.9. The summed E-state index contributed by atoms with van der Waals surface area (Å²) in [6.45, 7) is 0. The van der Waals surface area contributed by atoms with E-state index in [2.05, 4.69) is 146 Å². The second-order valence-corrected chi connectivity index (χ2v) is 12.9. The Bertz CT molecular complexity index is 2520. The van der Waals surface area contributed by atoms with Crippen LogP contribution >= 0.6 is 0 Å². The Morgan fingerprint density at radius 2 is 0.642 bits per heavy atom. The van der Waals surface area contributed by atoms with Crippen LogP contribution < -0.4 is 0 Å². The van der Waals surface area contributed by atoms with Crippen LogP contribution in [0, 0.1) is 0 Å². The van der Waals surface area contributed by atoms with Gasteiger partial charge in [-0.15, -0.1) is 57.9 Å². The van der Waals surface area contributed by atoms with Gasteiger partial charge in [0.05, 0.1) is 11.5 Å². The Kier molecular flexibility index (Phi) is 9.84. The monoisotopic (exact) mass is 756 g/mol. The quantitative estimate of drug-likeness (QED) is 0.158. The minimum absolute atomic E-state index is 0. The zero-order valence-electron chi connectivity index (χ0n) is 28.9. The second kappa shape index (κ2) is 15.3. The molecule has 10 rings (SSSR count). The molecule has 0 saturated carbocycles. The van der Waals surface area contributed by atoms with E-state index < -0.39 is 0 Å². The van der Waals surface area contributed by atoms with E-state index in [0.717, 1.165) is 45.3 Å². The summed E-state index contributed by atoms with van der Waals surface area (Å²) >= 11 is 0. The Labute approximate surface area is 328 Å². The van der Waals surface area contributed by atoms with Crippen molar-refractivity contribution in [1.82, 2.24) is 0 Å². The molecule has 0 aliphatic heterocycles. The van der Waals surface area contributed by atoms with Crippen LogP contribution in [0.1, 0.15) is 0 Å². The first kappa shape index (κ1) is 34.1. The van der Waals surface area contributed by atoms with Gasteiger partial charge in [0.2, 0.25) is 0 Å². The molecule has 10 aromatic rings. The first-order valence-corrected chi connectivity index (χ1v) is 17.6. The van der Waals surface area contributed by atoms with Crippen LogP contribution in [0.4, 0.5) is 0 Å². The summed E-state index contributed by atoms with van der Waals surface area (Å²) < 4.78 is 12.3. The molecule has 0 aliphatic carbocycles. The van der Waals surface area contributed by atoms with E-state index in [0.29, 0.717) is 0 Å². The Morgan fingerprint density at radius 3 is 1.02 bits per heavy atom. The molecule has 0 bridgehead atoms. The third-order valence-electron chi connectivity index (χ3n) is 9.57. The van der Waals surface area contributed by atoms with E-state index in [1.807, 2.05) is 60.7 Å². The molecular weight excluding hydrogens is 724 g/mol. The first-order chi connectivity index (χ1) is 25.8. The summed E-state index contributed by atoms with van der Waals surface area (Å²) in [6, 6.07) is 71.4. The third-order valence-corrected chi connectivity index (χ3v) is 9.57. The molecule has 0 amide bonds. The smallest absolute Gasteiger partial charge is 0.491 e. The van der Waals surface area contributed by atoms with Crippen LogP contribution in [0.25, 0.3) is 89.1 Å². The zero-order valence-corrected chi connectivity index (χ0v) is 31.4. The molecule has 3 heteroatoms. The number of hydrogen-bond acceptors (Lipinski definition) is 2. The maximum atomic E-state index is 6.13. The van der Waals surface area contributed by atoms with Crippen LogP contribution in [-0.4, -0.2) is 0 Å². The van der Waals surface area contributed by atoms with Crippen molar-refractivity contribution >= 4 is 21.5 Å². The van der Waals surface area contributed by atoms with Crippen molar-refractivity contribution in [2.45, 2.75) is 0 Å². The normalized spacial score (nSPS) is 10.9. The topological polar surface area (TPSA) is 26.3 Å². The molecule has 0 aliphatic rings. The van der Waals surface area contributed by atoms with Gasteiger partial charge in [-0.1, -0.05) is 168 Å². The van der Waals surface area contributed by atoms with Crippen LogP contribution in [0.2, 0.25) is 0 Å². The number of furan rings is 2. The van der Waals surface area contributed by atoms with Gasteiger partial charge in [-0.3, -0.25) is 0 Å². The van der Waals surface area contributed by atoms with E-state index >= 15 is 0 Å². The van der Waals surface area contributed by atoms with Gasteiger partial charge in [0.1, 0.15) is 11.5 Å². The van der Waals surface area contributed by atoms with Gasteiger partial charge in [-0.25, -0.2) is 0 Å². The van der Waals surface area contributed by atoms with Gasteiger partial charge in [-0.05, 0) is 35.4 Å². The van der Waals surface area contributed by atoms with Crippen molar-refractivity contribution < 1.29 is 35.0 Å². The van der Waals surface area contributed by atoms with Crippen molar-refractivity contribution in [3.63, 3.8) is 0 Å². The summed E-state index contributed by atoms with van der Waals surface area (Å²) in [7, 11) is 0. The number of benzene rings is 6. The predicted molar refractivity (Wildman–Crippen MR) is 216 cm³/mol. The van der Waals surface area contributed by atoms with Gasteiger partial charge in [0, 0.05) is 11.1 Å². The van der Waals surface area contributed by atoms with E-state index in [1.165, 1.54) is 43.8 Å². The van der Waals surface area contributed by atoms with E-state index in [9.17, 15) is 0 Å². The molecular formula is C50H34O2Zr. The fourth-order valence-electron chi connectivity index (χ4n) is 6.99. The van der Waals surface area contributed by atoms with Gasteiger partial charge in [0.15, 0.2) is 0 Å². The molecule has 0 radical (unpaired) electrons. The Morgan fingerprint density at radius 1 is 0.302 bits per heavy atom.